The van der Waals surface area contributed by atoms with E-state index < -0.39 is 6.10 Å². The molecule has 88 valence electrons. The van der Waals surface area contributed by atoms with E-state index in [4.69, 9.17) is 4.74 Å². The number of ether oxygens (including phenoxy) is 1. The van der Waals surface area contributed by atoms with Gasteiger partial charge in [0.25, 0.3) is 0 Å². The van der Waals surface area contributed by atoms with Crippen LogP contribution in [0.2, 0.25) is 0 Å². The quantitative estimate of drug-likeness (QED) is 0.844. The third-order valence-corrected chi connectivity index (χ3v) is 3.31. The lowest BCUT2D eigenvalue weighted by Crippen LogP contribution is -2.19. The van der Waals surface area contributed by atoms with Crippen LogP contribution in [0.3, 0.4) is 0 Å². The molecule has 1 aliphatic rings. The lowest BCUT2D eigenvalue weighted by molar-refractivity contribution is 0.164. The van der Waals surface area contributed by atoms with Crippen LogP contribution in [0, 0.1) is 12.8 Å². The number of hydrogen-bond acceptors (Lipinski definition) is 2. The minimum Gasteiger partial charge on any atom is -0.493 e. The molecular formula is C14H20O2. The molecular weight excluding hydrogens is 200 g/mol. The molecule has 1 aliphatic carbocycles. The molecule has 0 radical (unpaired) electrons. The molecule has 0 saturated heterocycles. The second-order valence-corrected chi connectivity index (χ2v) is 4.83. The number of rotatable bonds is 4. The summed E-state index contributed by atoms with van der Waals surface area (Å²) in [5.74, 6) is 1.57. The van der Waals surface area contributed by atoms with Crippen LogP contribution in [-0.2, 0) is 0 Å². The van der Waals surface area contributed by atoms with Gasteiger partial charge in [0.15, 0.2) is 0 Å². The zero-order valence-corrected chi connectivity index (χ0v) is 10.1. The van der Waals surface area contributed by atoms with E-state index in [1.165, 1.54) is 19.3 Å². The molecule has 0 bridgehead atoms. The van der Waals surface area contributed by atoms with Crippen LogP contribution in [-0.4, -0.2) is 11.7 Å². The molecule has 1 aromatic rings. The molecule has 1 aromatic carbocycles. The zero-order valence-electron chi connectivity index (χ0n) is 10.1. The topological polar surface area (TPSA) is 29.5 Å². The van der Waals surface area contributed by atoms with Gasteiger partial charge >= 0.3 is 0 Å². The van der Waals surface area contributed by atoms with E-state index >= 15 is 0 Å². The predicted octanol–water partition coefficient (Wildman–Crippen LogP) is 3.23. The van der Waals surface area contributed by atoms with Crippen LogP contribution in [0.25, 0.3) is 0 Å². The van der Waals surface area contributed by atoms with Crippen LogP contribution >= 0.6 is 0 Å². The summed E-state index contributed by atoms with van der Waals surface area (Å²) >= 11 is 0. The highest BCUT2D eigenvalue weighted by atomic mass is 16.5. The van der Waals surface area contributed by atoms with Gasteiger partial charge in [-0.25, -0.2) is 0 Å². The summed E-state index contributed by atoms with van der Waals surface area (Å²) in [6.07, 6.45) is 3.45. The van der Waals surface area contributed by atoms with Crippen molar-refractivity contribution in [2.24, 2.45) is 5.92 Å². The smallest absolute Gasteiger partial charge is 0.125 e. The van der Waals surface area contributed by atoms with Crippen molar-refractivity contribution in [2.75, 3.05) is 6.61 Å². The van der Waals surface area contributed by atoms with Crippen molar-refractivity contribution in [2.45, 2.75) is 39.2 Å². The summed E-state index contributed by atoms with van der Waals surface area (Å²) < 4.78 is 5.80. The molecule has 2 heteroatoms. The molecule has 0 unspecified atom stereocenters. The van der Waals surface area contributed by atoms with Gasteiger partial charge in [-0.1, -0.05) is 18.1 Å². The lowest BCUT2D eigenvalue weighted by Gasteiger charge is -2.26. The van der Waals surface area contributed by atoms with E-state index in [9.17, 15) is 5.11 Å². The average Bonchev–Trinajstić information content (AvgIpc) is 2.17. The van der Waals surface area contributed by atoms with Crippen LogP contribution in [0.5, 0.6) is 5.75 Å². The lowest BCUT2D eigenvalue weighted by atomic mass is 9.86. The Balaban J connectivity index is 2.05. The Bertz CT molecular complexity index is 354. The molecule has 16 heavy (non-hydrogen) atoms. The normalized spacial score (nSPS) is 17.9. The van der Waals surface area contributed by atoms with Gasteiger partial charge in [-0.15, -0.1) is 0 Å². The number of aliphatic hydroxyl groups excluding tert-OH is 1. The largest absolute Gasteiger partial charge is 0.493 e. The Labute approximate surface area is 97.3 Å². The van der Waals surface area contributed by atoms with Crippen LogP contribution in [0.15, 0.2) is 18.2 Å². The first-order valence-corrected chi connectivity index (χ1v) is 6.08. The molecule has 2 nitrogen and oxygen atoms in total. The van der Waals surface area contributed by atoms with Gasteiger partial charge in [-0.2, -0.15) is 0 Å². The summed E-state index contributed by atoms with van der Waals surface area (Å²) in [5.41, 5.74) is 2.06. The van der Waals surface area contributed by atoms with E-state index in [1.807, 2.05) is 25.1 Å². The number of aliphatic hydroxyl groups is 1. The highest BCUT2D eigenvalue weighted by molar-refractivity contribution is 5.38. The fourth-order valence-electron chi connectivity index (χ4n) is 1.99. The Hall–Kier alpha value is -1.02. The summed E-state index contributed by atoms with van der Waals surface area (Å²) in [6.45, 7) is 4.61. The van der Waals surface area contributed by atoms with Gasteiger partial charge in [-0.3, -0.25) is 0 Å². The van der Waals surface area contributed by atoms with Gasteiger partial charge < -0.3 is 9.84 Å². The van der Waals surface area contributed by atoms with Gasteiger partial charge in [0.2, 0.25) is 0 Å². The highest BCUT2D eigenvalue weighted by Gasteiger charge is 2.19. The van der Waals surface area contributed by atoms with Crippen molar-refractivity contribution in [1.29, 1.82) is 0 Å². The standard InChI is InChI=1S/C14H20O2/c1-10-6-7-14(13(8-10)11(2)15)16-9-12-4-3-5-12/h6-8,11-12,15H,3-5,9H2,1-2H3/t11-/m1/s1. The van der Waals surface area contributed by atoms with Gasteiger partial charge in [0, 0.05) is 5.56 Å². The van der Waals surface area contributed by atoms with Crippen molar-refractivity contribution in [3.05, 3.63) is 29.3 Å². The van der Waals surface area contributed by atoms with Crippen molar-refractivity contribution in [3.8, 4) is 5.75 Å². The third kappa shape index (κ3) is 2.56. The van der Waals surface area contributed by atoms with Crippen molar-refractivity contribution < 1.29 is 9.84 Å². The fraction of sp³-hybridized carbons (Fsp3) is 0.571. The monoisotopic (exact) mass is 220 g/mol. The van der Waals surface area contributed by atoms with E-state index in [0.29, 0.717) is 0 Å². The van der Waals surface area contributed by atoms with E-state index in [1.54, 1.807) is 6.92 Å². The molecule has 0 spiro atoms. The minimum atomic E-state index is -0.462. The summed E-state index contributed by atoms with van der Waals surface area (Å²) in [4.78, 5) is 0. The molecule has 1 saturated carbocycles. The first-order chi connectivity index (χ1) is 7.66. The molecule has 1 fully saturated rings. The summed E-state index contributed by atoms with van der Waals surface area (Å²) in [6, 6.07) is 6.00. The fourth-order valence-corrected chi connectivity index (χ4v) is 1.99. The number of hydrogen-bond donors (Lipinski definition) is 1. The van der Waals surface area contributed by atoms with Crippen molar-refractivity contribution in [3.63, 3.8) is 0 Å². The van der Waals surface area contributed by atoms with Crippen LogP contribution in [0.4, 0.5) is 0 Å². The summed E-state index contributed by atoms with van der Waals surface area (Å²) in [5, 5.41) is 9.69. The molecule has 0 aromatic heterocycles. The summed E-state index contributed by atoms with van der Waals surface area (Å²) in [7, 11) is 0. The second kappa shape index (κ2) is 4.88. The Morgan fingerprint density at radius 3 is 2.75 bits per heavy atom. The second-order valence-electron chi connectivity index (χ2n) is 4.83. The Morgan fingerprint density at radius 2 is 2.19 bits per heavy atom. The number of benzene rings is 1. The van der Waals surface area contributed by atoms with E-state index in [0.717, 1.165) is 29.4 Å². The Kier molecular flexibility index (Phi) is 3.49. The maximum absolute atomic E-state index is 9.69. The van der Waals surface area contributed by atoms with Gasteiger partial charge in [0.05, 0.1) is 12.7 Å². The molecule has 0 heterocycles. The zero-order chi connectivity index (χ0) is 11.5. The van der Waals surface area contributed by atoms with Crippen molar-refractivity contribution in [1.82, 2.24) is 0 Å². The van der Waals surface area contributed by atoms with E-state index in [2.05, 4.69) is 0 Å². The van der Waals surface area contributed by atoms with Gasteiger partial charge in [0.1, 0.15) is 5.75 Å². The number of aryl methyl sites for hydroxylation is 1. The van der Waals surface area contributed by atoms with Gasteiger partial charge in [-0.05, 0) is 44.7 Å². The maximum atomic E-state index is 9.69. The van der Waals surface area contributed by atoms with Crippen LogP contribution in [0.1, 0.15) is 43.4 Å². The molecule has 1 N–H and O–H groups in total. The first-order valence-electron chi connectivity index (χ1n) is 6.08. The molecule has 0 aliphatic heterocycles. The molecule has 1 atom stereocenters. The first kappa shape index (κ1) is 11.5. The third-order valence-electron chi connectivity index (χ3n) is 3.31. The highest BCUT2D eigenvalue weighted by Crippen LogP contribution is 2.30. The molecule has 2 rings (SSSR count). The maximum Gasteiger partial charge on any atom is 0.125 e. The predicted molar refractivity (Wildman–Crippen MR) is 64.6 cm³/mol. The van der Waals surface area contributed by atoms with Crippen molar-refractivity contribution >= 4 is 0 Å². The van der Waals surface area contributed by atoms with Crippen LogP contribution < -0.4 is 4.74 Å². The average molecular weight is 220 g/mol. The molecule has 0 amide bonds. The van der Waals surface area contributed by atoms with E-state index in [-0.39, 0.29) is 0 Å². The Morgan fingerprint density at radius 1 is 1.44 bits per heavy atom. The minimum absolute atomic E-state index is 0.462. The SMILES string of the molecule is Cc1ccc(OCC2CCC2)c([C@@H](C)O)c1.